The summed E-state index contributed by atoms with van der Waals surface area (Å²) in [5.41, 5.74) is 5.49. The molecular weight excluding hydrogens is 462 g/mol. The van der Waals surface area contributed by atoms with Gasteiger partial charge < -0.3 is 9.47 Å². The second-order valence-electron chi connectivity index (χ2n) is 7.71. The van der Waals surface area contributed by atoms with E-state index in [4.69, 9.17) is 9.47 Å². The molecule has 10 heteroatoms. The van der Waals surface area contributed by atoms with E-state index in [0.717, 1.165) is 16.7 Å². The van der Waals surface area contributed by atoms with Crippen molar-refractivity contribution in [2.45, 2.75) is 13.2 Å². The van der Waals surface area contributed by atoms with Crippen LogP contribution in [-0.2, 0) is 13.2 Å². The van der Waals surface area contributed by atoms with Gasteiger partial charge in [-0.1, -0.05) is 24.3 Å². The van der Waals surface area contributed by atoms with Crippen molar-refractivity contribution in [3.05, 3.63) is 118 Å². The maximum atomic E-state index is 12.5. The number of nitro groups is 1. The van der Waals surface area contributed by atoms with Crippen LogP contribution < -0.4 is 14.9 Å². The van der Waals surface area contributed by atoms with Crippen LogP contribution >= 0.6 is 0 Å². The van der Waals surface area contributed by atoms with Crippen LogP contribution in [0.4, 0.5) is 5.69 Å². The SMILES string of the molecule is COc1cc(/C=N/NC(=O)c2cccc(Cn3cccn3)c2)ccc1COc1ccc([N+](=O)[O-])cc1. The predicted octanol–water partition coefficient (Wildman–Crippen LogP) is 4.19. The monoisotopic (exact) mass is 485 g/mol. The summed E-state index contributed by atoms with van der Waals surface area (Å²) in [7, 11) is 1.55. The first kappa shape index (κ1) is 24.1. The maximum Gasteiger partial charge on any atom is 0.271 e. The van der Waals surface area contributed by atoms with Gasteiger partial charge in [-0.25, -0.2) is 5.43 Å². The molecule has 0 aliphatic rings. The van der Waals surface area contributed by atoms with Gasteiger partial charge in [0.05, 0.1) is 24.8 Å². The highest BCUT2D eigenvalue weighted by Crippen LogP contribution is 2.23. The molecule has 4 aromatic rings. The van der Waals surface area contributed by atoms with Gasteiger partial charge in [0.15, 0.2) is 0 Å². The van der Waals surface area contributed by atoms with E-state index < -0.39 is 4.92 Å². The van der Waals surface area contributed by atoms with Crippen LogP contribution in [0.25, 0.3) is 0 Å². The lowest BCUT2D eigenvalue weighted by molar-refractivity contribution is -0.384. The zero-order valence-electron chi connectivity index (χ0n) is 19.4. The number of rotatable bonds is 10. The molecule has 1 N–H and O–H groups in total. The number of hydrazone groups is 1. The van der Waals surface area contributed by atoms with Crippen molar-refractivity contribution in [1.29, 1.82) is 0 Å². The number of benzene rings is 3. The van der Waals surface area contributed by atoms with Crippen LogP contribution in [0, 0.1) is 10.1 Å². The molecule has 0 bridgehead atoms. The summed E-state index contributed by atoms with van der Waals surface area (Å²) in [6.07, 6.45) is 5.09. The summed E-state index contributed by atoms with van der Waals surface area (Å²) in [6.45, 7) is 0.779. The summed E-state index contributed by atoms with van der Waals surface area (Å²) in [6, 6.07) is 20.4. The number of hydrogen-bond donors (Lipinski definition) is 1. The molecule has 0 unspecified atom stereocenters. The minimum Gasteiger partial charge on any atom is -0.496 e. The Hall–Kier alpha value is -4.99. The molecule has 0 fully saturated rings. The number of amides is 1. The third-order valence-electron chi connectivity index (χ3n) is 5.23. The Bertz CT molecular complexity index is 1370. The van der Waals surface area contributed by atoms with Crippen molar-refractivity contribution in [3.8, 4) is 11.5 Å². The molecule has 4 rings (SSSR count). The molecule has 0 saturated heterocycles. The van der Waals surface area contributed by atoms with Crippen LogP contribution in [0.5, 0.6) is 11.5 Å². The second kappa shape index (κ2) is 11.4. The molecule has 0 radical (unpaired) electrons. The fourth-order valence-corrected chi connectivity index (χ4v) is 3.41. The van der Waals surface area contributed by atoms with Gasteiger partial charge in [-0.05, 0) is 47.5 Å². The average molecular weight is 486 g/mol. The van der Waals surface area contributed by atoms with Gasteiger partial charge in [-0.3, -0.25) is 19.6 Å². The van der Waals surface area contributed by atoms with Crippen LogP contribution in [0.1, 0.15) is 27.0 Å². The van der Waals surface area contributed by atoms with Crippen molar-refractivity contribution in [2.24, 2.45) is 5.10 Å². The molecule has 1 heterocycles. The summed E-state index contributed by atoms with van der Waals surface area (Å²) in [4.78, 5) is 22.8. The lowest BCUT2D eigenvalue weighted by Gasteiger charge is -2.11. The fraction of sp³-hybridized carbons (Fsp3) is 0.115. The molecular formula is C26H23N5O5. The van der Waals surface area contributed by atoms with E-state index >= 15 is 0 Å². The van der Waals surface area contributed by atoms with Crippen LogP contribution in [0.15, 0.2) is 90.3 Å². The molecule has 0 aliphatic carbocycles. The largest absolute Gasteiger partial charge is 0.496 e. The zero-order chi connectivity index (χ0) is 25.3. The molecule has 3 aromatic carbocycles. The third-order valence-corrected chi connectivity index (χ3v) is 5.23. The van der Waals surface area contributed by atoms with E-state index in [2.05, 4.69) is 15.6 Å². The lowest BCUT2D eigenvalue weighted by atomic mass is 10.1. The Morgan fingerprint density at radius 3 is 2.69 bits per heavy atom. The Morgan fingerprint density at radius 2 is 1.97 bits per heavy atom. The number of nitrogens with one attached hydrogen (secondary N) is 1. The Kier molecular flexibility index (Phi) is 7.66. The molecule has 10 nitrogen and oxygen atoms in total. The molecule has 36 heavy (non-hydrogen) atoms. The Labute approximate surface area is 206 Å². The fourth-order valence-electron chi connectivity index (χ4n) is 3.41. The maximum absolute atomic E-state index is 12.5. The molecule has 0 spiro atoms. The number of hydrogen-bond acceptors (Lipinski definition) is 7. The number of nitrogens with zero attached hydrogens (tertiary/aromatic N) is 4. The predicted molar refractivity (Wildman–Crippen MR) is 133 cm³/mol. The highest BCUT2D eigenvalue weighted by molar-refractivity contribution is 5.95. The summed E-state index contributed by atoms with van der Waals surface area (Å²) < 4.78 is 12.9. The van der Waals surface area contributed by atoms with E-state index in [1.54, 1.807) is 48.3 Å². The van der Waals surface area contributed by atoms with E-state index in [0.29, 0.717) is 23.6 Å². The van der Waals surface area contributed by atoms with E-state index in [9.17, 15) is 14.9 Å². The first-order valence-electron chi connectivity index (χ1n) is 11.0. The third kappa shape index (κ3) is 6.32. The van der Waals surface area contributed by atoms with Gasteiger partial charge in [-0.2, -0.15) is 10.2 Å². The van der Waals surface area contributed by atoms with Crippen molar-refractivity contribution < 1.29 is 19.2 Å². The van der Waals surface area contributed by atoms with Gasteiger partial charge in [0, 0.05) is 35.7 Å². The molecule has 0 saturated carbocycles. The summed E-state index contributed by atoms with van der Waals surface area (Å²) in [5.74, 6) is 0.761. The van der Waals surface area contributed by atoms with Gasteiger partial charge in [-0.15, -0.1) is 0 Å². The number of ether oxygens (including phenoxy) is 2. The van der Waals surface area contributed by atoms with Crippen molar-refractivity contribution >= 4 is 17.8 Å². The quantitative estimate of drug-likeness (QED) is 0.204. The number of aromatic nitrogens is 2. The number of carbonyl (C=O) groups excluding carboxylic acids is 1. The Balaban J connectivity index is 1.35. The second-order valence-corrected chi connectivity index (χ2v) is 7.71. The highest BCUT2D eigenvalue weighted by Gasteiger charge is 2.09. The van der Waals surface area contributed by atoms with Gasteiger partial charge in [0.25, 0.3) is 11.6 Å². The first-order valence-corrected chi connectivity index (χ1v) is 11.0. The van der Waals surface area contributed by atoms with Crippen LogP contribution in [-0.4, -0.2) is 33.9 Å². The topological polar surface area (TPSA) is 121 Å². The number of nitro benzene ring substituents is 1. The minimum atomic E-state index is -0.463. The molecule has 1 amide bonds. The number of methoxy groups -OCH3 is 1. The summed E-state index contributed by atoms with van der Waals surface area (Å²) >= 11 is 0. The number of carbonyl (C=O) groups is 1. The van der Waals surface area contributed by atoms with Crippen molar-refractivity contribution in [1.82, 2.24) is 15.2 Å². The number of non-ortho nitro benzene ring substituents is 1. The van der Waals surface area contributed by atoms with Crippen LogP contribution in [0.2, 0.25) is 0 Å². The molecule has 0 aliphatic heterocycles. The molecule has 1 aromatic heterocycles. The first-order chi connectivity index (χ1) is 17.5. The van der Waals surface area contributed by atoms with Crippen molar-refractivity contribution in [2.75, 3.05) is 7.11 Å². The van der Waals surface area contributed by atoms with E-state index in [-0.39, 0.29) is 18.2 Å². The minimum absolute atomic E-state index is 0.00222. The smallest absolute Gasteiger partial charge is 0.271 e. The van der Waals surface area contributed by atoms with E-state index in [1.165, 1.54) is 18.3 Å². The standard InChI is InChI=1S/C26H23N5O5/c1-35-25-15-19(6-7-22(25)18-36-24-10-8-23(9-11-24)31(33)34)16-27-29-26(32)21-5-2-4-20(14-21)17-30-13-3-12-28-30/h2-16H,17-18H2,1H3,(H,29,32)/b27-16+. The highest BCUT2D eigenvalue weighted by atomic mass is 16.6. The zero-order valence-corrected chi connectivity index (χ0v) is 19.4. The molecule has 182 valence electrons. The lowest BCUT2D eigenvalue weighted by Crippen LogP contribution is -2.18. The van der Waals surface area contributed by atoms with Crippen LogP contribution in [0.3, 0.4) is 0 Å². The van der Waals surface area contributed by atoms with E-state index in [1.807, 2.05) is 36.5 Å². The Morgan fingerprint density at radius 1 is 1.14 bits per heavy atom. The van der Waals surface area contributed by atoms with Crippen molar-refractivity contribution in [3.63, 3.8) is 0 Å². The average Bonchev–Trinajstić information content (AvgIpc) is 3.41. The normalized spacial score (nSPS) is 10.8. The van der Waals surface area contributed by atoms with Gasteiger partial charge >= 0.3 is 0 Å². The van der Waals surface area contributed by atoms with Gasteiger partial charge in [0.2, 0.25) is 0 Å². The summed E-state index contributed by atoms with van der Waals surface area (Å²) in [5, 5.41) is 19.0. The molecule has 0 atom stereocenters. The van der Waals surface area contributed by atoms with Gasteiger partial charge in [0.1, 0.15) is 18.1 Å².